The monoisotopic (exact) mass is 264 g/mol. The summed E-state index contributed by atoms with van der Waals surface area (Å²) in [7, 11) is 0. The predicted molar refractivity (Wildman–Crippen MR) is 72.4 cm³/mol. The summed E-state index contributed by atoms with van der Waals surface area (Å²) < 4.78 is 13.2. The Labute approximate surface area is 113 Å². The van der Waals surface area contributed by atoms with Gasteiger partial charge in [-0.15, -0.1) is 0 Å². The Morgan fingerprint density at radius 1 is 1.42 bits per heavy atom. The Hall–Kier alpha value is -1.38. The molecule has 1 saturated carbocycles. The Morgan fingerprint density at radius 3 is 2.63 bits per heavy atom. The molecule has 0 spiro atoms. The van der Waals surface area contributed by atoms with Crippen molar-refractivity contribution in [1.82, 2.24) is 0 Å². The van der Waals surface area contributed by atoms with Crippen molar-refractivity contribution in [1.29, 1.82) is 0 Å². The van der Waals surface area contributed by atoms with E-state index in [1.54, 1.807) is 6.07 Å². The van der Waals surface area contributed by atoms with Gasteiger partial charge in [-0.3, -0.25) is 4.79 Å². The van der Waals surface area contributed by atoms with E-state index in [4.69, 9.17) is 0 Å². The summed E-state index contributed by atoms with van der Waals surface area (Å²) in [5.74, 6) is -0.369. The van der Waals surface area contributed by atoms with Gasteiger partial charge in [0, 0.05) is 0 Å². The number of carboxylic acids is 1. The van der Waals surface area contributed by atoms with Crippen LogP contribution in [0.1, 0.15) is 44.6 Å². The highest BCUT2D eigenvalue weighted by Gasteiger charge is 2.41. The van der Waals surface area contributed by atoms with Crippen LogP contribution >= 0.6 is 0 Å². The highest BCUT2D eigenvalue weighted by Crippen LogP contribution is 2.42. The van der Waals surface area contributed by atoms with Crippen molar-refractivity contribution in [3.63, 3.8) is 0 Å². The molecule has 1 aliphatic carbocycles. The number of benzene rings is 1. The number of halogens is 1. The molecule has 0 aliphatic heterocycles. The average molecular weight is 264 g/mol. The lowest BCUT2D eigenvalue weighted by atomic mass is 9.67. The first kappa shape index (κ1) is 14.0. The van der Waals surface area contributed by atoms with Crippen LogP contribution in [-0.4, -0.2) is 11.1 Å². The lowest BCUT2D eigenvalue weighted by Crippen LogP contribution is -2.37. The van der Waals surface area contributed by atoms with Crippen molar-refractivity contribution < 1.29 is 14.3 Å². The quantitative estimate of drug-likeness (QED) is 0.891. The van der Waals surface area contributed by atoms with E-state index in [-0.39, 0.29) is 5.82 Å². The van der Waals surface area contributed by atoms with Gasteiger partial charge in [-0.2, -0.15) is 0 Å². The van der Waals surface area contributed by atoms with Crippen molar-refractivity contribution in [2.75, 3.05) is 0 Å². The zero-order chi connectivity index (χ0) is 13.9. The summed E-state index contributed by atoms with van der Waals surface area (Å²) in [5, 5.41) is 9.58. The van der Waals surface area contributed by atoms with Crippen LogP contribution in [0.5, 0.6) is 0 Å². The smallest absolute Gasteiger partial charge is 0.309 e. The highest BCUT2D eigenvalue weighted by molar-refractivity contribution is 5.75. The number of aliphatic carboxylic acids is 1. The van der Waals surface area contributed by atoms with E-state index in [1.807, 2.05) is 6.07 Å². The summed E-state index contributed by atoms with van der Waals surface area (Å²) in [6.45, 7) is 2.16. The van der Waals surface area contributed by atoms with E-state index < -0.39 is 11.4 Å². The van der Waals surface area contributed by atoms with Crippen molar-refractivity contribution >= 4 is 5.97 Å². The van der Waals surface area contributed by atoms with Crippen molar-refractivity contribution in [2.24, 2.45) is 11.3 Å². The fraction of sp³-hybridized carbons (Fsp3) is 0.562. The van der Waals surface area contributed by atoms with E-state index in [0.29, 0.717) is 25.2 Å². The number of hydrogen-bond donors (Lipinski definition) is 1. The van der Waals surface area contributed by atoms with Crippen molar-refractivity contribution in [3.8, 4) is 0 Å². The van der Waals surface area contributed by atoms with Crippen LogP contribution < -0.4 is 0 Å². The summed E-state index contributed by atoms with van der Waals surface area (Å²) in [4.78, 5) is 11.7. The van der Waals surface area contributed by atoms with Gasteiger partial charge in [0.25, 0.3) is 0 Å². The molecule has 2 rings (SSSR count). The lowest BCUT2D eigenvalue weighted by Gasteiger charge is -2.36. The third kappa shape index (κ3) is 3.14. The SMILES string of the molecule is CCC1CCC(Cc2cccc(F)c2)(C(=O)O)CC1. The molecule has 0 aromatic heterocycles. The first-order chi connectivity index (χ1) is 9.05. The molecule has 0 radical (unpaired) electrons. The van der Waals surface area contributed by atoms with Crippen molar-refractivity contribution in [3.05, 3.63) is 35.6 Å². The zero-order valence-electron chi connectivity index (χ0n) is 11.4. The maximum atomic E-state index is 13.2. The molecule has 0 saturated heterocycles. The molecule has 0 atom stereocenters. The van der Waals surface area contributed by atoms with Crippen LogP contribution in [0, 0.1) is 17.2 Å². The second-order valence-electron chi connectivity index (χ2n) is 5.74. The van der Waals surface area contributed by atoms with E-state index in [2.05, 4.69) is 6.92 Å². The molecule has 0 heterocycles. The molecule has 1 aliphatic rings. The normalized spacial score (nSPS) is 27.2. The number of carbonyl (C=O) groups is 1. The Morgan fingerprint density at radius 2 is 2.11 bits per heavy atom. The molecule has 0 amide bonds. The predicted octanol–water partition coefficient (Wildman–Crippen LogP) is 4.04. The molecule has 0 bridgehead atoms. The van der Waals surface area contributed by atoms with E-state index in [0.717, 1.165) is 24.8 Å². The fourth-order valence-electron chi connectivity index (χ4n) is 3.14. The van der Waals surface area contributed by atoms with Gasteiger partial charge >= 0.3 is 5.97 Å². The molecule has 2 nitrogen and oxygen atoms in total. The summed E-state index contributed by atoms with van der Waals surface area (Å²) in [6.07, 6.45) is 4.91. The number of carboxylic acid groups (broad SMARTS) is 1. The topological polar surface area (TPSA) is 37.3 Å². The molecule has 0 unspecified atom stereocenters. The van der Waals surface area contributed by atoms with Gasteiger partial charge in [0.1, 0.15) is 5.82 Å². The van der Waals surface area contributed by atoms with Gasteiger partial charge < -0.3 is 5.11 Å². The van der Waals surface area contributed by atoms with E-state index in [9.17, 15) is 14.3 Å². The zero-order valence-corrected chi connectivity index (χ0v) is 11.4. The maximum absolute atomic E-state index is 13.2. The van der Waals surface area contributed by atoms with Crippen LogP contribution in [0.4, 0.5) is 4.39 Å². The molecular formula is C16H21FO2. The molecule has 1 N–H and O–H groups in total. The minimum Gasteiger partial charge on any atom is -0.481 e. The van der Waals surface area contributed by atoms with Gasteiger partial charge in [0.15, 0.2) is 0 Å². The minimum absolute atomic E-state index is 0.291. The first-order valence-electron chi connectivity index (χ1n) is 7.03. The third-order valence-corrected chi connectivity index (χ3v) is 4.52. The van der Waals surface area contributed by atoms with Crippen LogP contribution in [-0.2, 0) is 11.2 Å². The second kappa shape index (κ2) is 5.72. The third-order valence-electron chi connectivity index (χ3n) is 4.52. The van der Waals surface area contributed by atoms with E-state index >= 15 is 0 Å². The highest BCUT2D eigenvalue weighted by atomic mass is 19.1. The van der Waals surface area contributed by atoms with Crippen LogP contribution in [0.25, 0.3) is 0 Å². The Balaban J connectivity index is 2.15. The molecule has 1 aromatic rings. The van der Waals surface area contributed by atoms with Gasteiger partial charge in [-0.25, -0.2) is 4.39 Å². The largest absolute Gasteiger partial charge is 0.481 e. The summed E-state index contributed by atoms with van der Waals surface area (Å²) in [6, 6.07) is 6.32. The second-order valence-corrected chi connectivity index (χ2v) is 5.74. The van der Waals surface area contributed by atoms with Crippen LogP contribution in [0.15, 0.2) is 24.3 Å². The molecular weight excluding hydrogens is 243 g/mol. The van der Waals surface area contributed by atoms with Gasteiger partial charge in [0.2, 0.25) is 0 Å². The molecule has 3 heteroatoms. The lowest BCUT2D eigenvalue weighted by molar-refractivity contribution is -0.151. The average Bonchev–Trinajstić information content (AvgIpc) is 2.39. The Bertz CT molecular complexity index is 448. The molecule has 1 fully saturated rings. The molecule has 19 heavy (non-hydrogen) atoms. The maximum Gasteiger partial charge on any atom is 0.309 e. The molecule has 1 aromatic carbocycles. The van der Waals surface area contributed by atoms with Gasteiger partial charge in [-0.1, -0.05) is 25.5 Å². The van der Waals surface area contributed by atoms with Gasteiger partial charge in [-0.05, 0) is 55.7 Å². The van der Waals surface area contributed by atoms with Crippen molar-refractivity contribution in [2.45, 2.75) is 45.4 Å². The van der Waals surface area contributed by atoms with Gasteiger partial charge in [0.05, 0.1) is 5.41 Å². The van der Waals surface area contributed by atoms with Crippen LogP contribution in [0.2, 0.25) is 0 Å². The summed E-state index contributed by atoms with van der Waals surface area (Å²) in [5.41, 5.74) is 0.0942. The summed E-state index contributed by atoms with van der Waals surface area (Å²) >= 11 is 0. The first-order valence-corrected chi connectivity index (χ1v) is 7.03. The fourth-order valence-corrected chi connectivity index (χ4v) is 3.14. The standard InChI is InChI=1S/C16H21FO2/c1-2-12-6-8-16(9-7-12,15(18)19)11-13-4-3-5-14(17)10-13/h3-5,10,12H,2,6-9,11H2,1H3,(H,18,19). The van der Waals surface area contributed by atoms with Crippen LogP contribution in [0.3, 0.4) is 0 Å². The minimum atomic E-state index is -0.730. The Kier molecular flexibility index (Phi) is 4.23. The number of hydrogen-bond acceptors (Lipinski definition) is 1. The van der Waals surface area contributed by atoms with E-state index in [1.165, 1.54) is 12.1 Å². The number of rotatable bonds is 4. The molecule has 104 valence electrons.